The predicted octanol–water partition coefficient (Wildman–Crippen LogP) is 7.35. The van der Waals surface area contributed by atoms with E-state index in [0.29, 0.717) is 34.1 Å². The van der Waals surface area contributed by atoms with E-state index >= 15 is 0 Å². The molecule has 5 aromatic carbocycles. The predicted molar refractivity (Wildman–Crippen MR) is 176 cm³/mol. The molecule has 0 aromatic heterocycles. The lowest BCUT2D eigenvalue weighted by Crippen LogP contribution is -2.12. The number of anilines is 1. The molecule has 0 unspecified atom stereocenters. The number of ether oxygens (including phenoxy) is 4. The van der Waals surface area contributed by atoms with E-state index in [1.54, 1.807) is 68.8 Å². The second-order valence-electron chi connectivity index (χ2n) is 10.2. The monoisotopic (exact) mass is 639 g/mol. The lowest BCUT2D eigenvalue weighted by atomic mass is 10.0. The van der Waals surface area contributed by atoms with Crippen LogP contribution in [-0.4, -0.2) is 42.4 Å². The van der Waals surface area contributed by atoms with Gasteiger partial charge in [-0.05, 0) is 84.8 Å². The van der Waals surface area contributed by atoms with Crippen molar-refractivity contribution in [3.63, 3.8) is 0 Å². The fraction of sp³-hybridized carbons (Fsp3) is 0.139. The maximum atomic E-state index is 13.2. The van der Waals surface area contributed by atoms with E-state index < -0.39 is 10.1 Å². The third kappa shape index (κ3) is 7.48. The molecule has 0 aliphatic heterocycles. The van der Waals surface area contributed by atoms with E-state index in [-0.39, 0.29) is 23.3 Å². The molecule has 10 heteroatoms. The van der Waals surface area contributed by atoms with Crippen LogP contribution < -0.4 is 23.7 Å². The highest BCUT2D eigenvalue weighted by Gasteiger charge is 2.19. The molecule has 0 heterocycles. The Morgan fingerprint density at radius 3 is 2.15 bits per heavy atom. The van der Waals surface area contributed by atoms with Gasteiger partial charge in [0.2, 0.25) is 0 Å². The molecule has 0 aliphatic rings. The van der Waals surface area contributed by atoms with Crippen LogP contribution >= 0.6 is 0 Å². The molecule has 0 saturated carbocycles. The van der Waals surface area contributed by atoms with E-state index in [9.17, 15) is 13.2 Å². The SMILES string of the molecule is COCOc1cc(OS(=O)(=O)c2ccc(C)cc2)ccc1-c1ccc(NC(=O)c2ccc(OC)c(-c3cccc(OC)c3)c2)cc1. The van der Waals surface area contributed by atoms with Crippen molar-refractivity contribution in [2.45, 2.75) is 11.8 Å². The molecule has 0 atom stereocenters. The van der Waals surface area contributed by atoms with E-state index in [0.717, 1.165) is 22.3 Å². The molecular weight excluding hydrogens is 606 g/mol. The molecule has 0 radical (unpaired) electrons. The smallest absolute Gasteiger partial charge is 0.339 e. The zero-order valence-corrected chi connectivity index (χ0v) is 26.6. The number of benzene rings is 5. The topological polar surface area (TPSA) is 109 Å². The van der Waals surface area contributed by atoms with Crippen molar-refractivity contribution in [2.24, 2.45) is 0 Å². The summed E-state index contributed by atoms with van der Waals surface area (Å²) in [6.45, 7) is 1.81. The third-order valence-corrected chi connectivity index (χ3v) is 8.36. The first kappa shape index (κ1) is 32.1. The van der Waals surface area contributed by atoms with Gasteiger partial charge in [-0.1, -0.05) is 42.0 Å². The number of aryl methyl sites for hydroxylation is 1. The van der Waals surface area contributed by atoms with E-state index in [1.165, 1.54) is 25.3 Å². The van der Waals surface area contributed by atoms with Crippen LogP contribution in [0.2, 0.25) is 0 Å². The van der Waals surface area contributed by atoms with Crippen molar-refractivity contribution in [3.05, 3.63) is 120 Å². The lowest BCUT2D eigenvalue weighted by molar-refractivity contribution is 0.0514. The zero-order chi connectivity index (χ0) is 32.7. The molecule has 0 spiro atoms. The minimum atomic E-state index is -4.05. The molecule has 0 saturated heterocycles. The van der Waals surface area contributed by atoms with Crippen molar-refractivity contribution < 1.29 is 36.3 Å². The summed E-state index contributed by atoms with van der Waals surface area (Å²) < 4.78 is 52.8. The summed E-state index contributed by atoms with van der Waals surface area (Å²) in [5.41, 5.74) is 5.02. The van der Waals surface area contributed by atoms with Crippen molar-refractivity contribution in [1.82, 2.24) is 0 Å². The van der Waals surface area contributed by atoms with Crippen LogP contribution in [0.1, 0.15) is 15.9 Å². The summed E-state index contributed by atoms with van der Waals surface area (Å²) >= 11 is 0. The molecule has 5 aromatic rings. The van der Waals surface area contributed by atoms with Gasteiger partial charge in [-0.15, -0.1) is 0 Å². The Labute approximate surface area is 268 Å². The number of methoxy groups -OCH3 is 3. The first-order chi connectivity index (χ1) is 22.2. The van der Waals surface area contributed by atoms with E-state index in [2.05, 4.69) is 5.32 Å². The van der Waals surface area contributed by atoms with Gasteiger partial charge in [0.05, 0.1) is 14.2 Å². The Bertz CT molecular complexity index is 1940. The Kier molecular flexibility index (Phi) is 9.90. The van der Waals surface area contributed by atoms with Crippen molar-refractivity contribution >= 4 is 21.7 Å². The van der Waals surface area contributed by atoms with Gasteiger partial charge < -0.3 is 28.4 Å². The minimum Gasteiger partial charge on any atom is -0.497 e. The lowest BCUT2D eigenvalue weighted by Gasteiger charge is -2.15. The Morgan fingerprint density at radius 2 is 1.46 bits per heavy atom. The highest BCUT2D eigenvalue weighted by Crippen LogP contribution is 2.36. The number of nitrogens with one attached hydrogen (secondary N) is 1. The Balaban J connectivity index is 1.35. The van der Waals surface area contributed by atoms with Gasteiger partial charge in [0, 0.05) is 35.6 Å². The maximum absolute atomic E-state index is 13.2. The molecule has 0 fully saturated rings. The molecule has 5 rings (SSSR count). The summed E-state index contributed by atoms with van der Waals surface area (Å²) in [5, 5.41) is 2.94. The normalized spacial score (nSPS) is 11.0. The molecule has 236 valence electrons. The molecule has 0 bridgehead atoms. The quantitative estimate of drug-likeness (QED) is 0.112. The van der Waals surface area contributed by atoms with E-state index in [4.69, 9.17) is 23.1 Å². The average Bonchev–Trinajstić information content (AvgIpc) is 3.07. The van der Waals surface area contributed by atoms with Crippen LogP contribution in [0, 0.1) is 6.92 Å². The largest absolute Gasteiger partial charge is 0.497 e. The number of hydrogen-bond acceptors (Lipinski definition) is 8. The highest BCUT2D eigenvalue weighted by atomic mass is 32.2. The van der Waals surface area contributed by atoms with Crippen LogP contribution in [0.25, 0.3) is 22.3 Å². The van der Waals surface area contributed by atoms with Gasteiger partial charge in [-0.3, -0.25) is 4.79 Å². The summed E-state index contributed by atoms with van der Waals surface area (Å²) in [7, 11) is 0.621. The fourth-order valence-corrected chi connectivity index (χ4v) is 5.64. The first-order valence-electron chi connectivity index (χ1n) is 14.2. The molecule has 0 aliphatic carbocycles. The molecule has 46 heavy (non-hydrogen) atoms. The van der Waals surface area contributed by atoms with Crippen LogP contribution in [0.4, 0.5) is 5.69 Å². The van der Waals surface area contributed by atoms with Crippen LogP contribution in [-0.2, 0) is 14.9 Å². The fourth-order valence-electron chi connectivity index (χ4n) is 4.72. The maximum Gasteiger partial charge on any atom is 0.339 e. The van der Waals surface area contributed by atoms with Crippen molar-refractivity contribution in [3.8, 4) is 45.3 Å². The van der Waals surface area contributed by atoms with Crippen LogP contribution in [0.5, 0.6) is 23.0 Å². The summed E-state index contributed by atoms with van der Waals surface area (Å²) in [4.78, 5) is 13.3. The zero-order valence-electron chi connectivity index (χ0n) is 25.8. The number of carbonyl (C=O) groups excluding carboxylic acids is 1. The van der Waals surface area contributed by atoms with Gasteiger partial charge in [0.15, 0.2) is 6.79 Å². The summed E-state index contributed by atoms with van der Waals surface area (Å²) in [6.07, 6.45) is 0. The Morgan fingerprint density at radius 1 is 0.696 bits per heavy atom. The Hall–Kier alpha value is -5.32. The summed E-state index contributed by atoms with van der Waals surface area (Å²) in [5.74, 6) is 1.48. The molecule has 1 amide bonds. The third-order valence-electron chi connectivity index (χ3n) is 7.10. The van der Waals surface area contributed by atoms with Gasteiger partial charge in [0.25, 0.3) is 5.91 Å². The molecule has 1 N–H and O–H groups in total. The van der Waals surface area contributed by atoms with Gasteiger partial charge in [-0.2, -0.15) is 8.42 Å². The minimum absolute atomic E-state index is 0.0466. The summed E-state index contributed by atoms with van der Waals surface area (Å²) in [6, 6.07) is 31.1. The number of hydrogen-bond donors (Lipinski definition) is 1. The van der Waals surface area contributed by atoms with Gasteiger partial charge in [-0.25, -0.2) is 0 Å². The van der Waals surface area contributed by atoms with Crippen molar-refractivity contribution in [1.29, 1.82) is 0 Å². The highest BCUT2D eigenvalue weighted by molar-refractivity contribution is 7.87. The second kappa shape index (κ2) is 14.2. The molecule has 9 nitrogen and oxygen atoms in total. The average molecular weight is 640 g/mol. The van der Waals surface area contributed by atoms with Crippen LogP contribution in [0.3, 0.4) is 0 Å². The van der Waals surface area contributed by atoms with Gasteiger partial charge in [0.1, 0.15) is 27.9 Å². The van der Waals surface area contributed by atoms with Gasteiger partial charge >= 0.3 is 10.1 Å². The number of rotatable bonds is 12. The van der Waals surface area contributed by atoms with Crippen molar-refractivity contribution in [2.75, 3.05) is 33.4 Å². The standard InChI is InChI=1S/C36H33NO8S/c1-24-8-16-31(17-9-24)46(39,40)45-30-15-18-32(35(22-30)44-23-41-2)25-10-13-28(14-11-25)37-36(38)27-12-19-34(43-4)33(21-27)26-6-5-7-29(20-26)42-3/h5-22H,23H2,1-4H3,(H,37,38). The van der Waals surface area contributed by atoms with E-state index in [1.807, 2.05) is 43.3 Å². The number of amides is 1. The second-order valence-corrected chi connectivity index (χ2v) is 11.8. The molecular formula is C36H33NO8S. The first-order valence-corrected chi connectivity index (χ1v) is 15.6. The number of carbonyl (C=O) groups is 1. The van der Waals surface area contributed by atoms with Crippen LogP contribution in [0.15, 0.2) is 114 Å².